The number of halogens is 1. The van der Waals surface area contributed by atoms with Gasteiger partial charge in [-0.15, -0.1) is 11.8 Å². The molecular formula is C13H17BrN2O2S. The number of hydrogen-bond donors (Lipinski definition) is 1. The molecule has 1 aromatic rings. The van der Waals surface area contributed by atoms with Crippen LogP contribution in [0, 0.1) is 0 Å². The largest absolute Gasteiger partial charge is 0.492 e. The average Bonchev–Trinajstić information content (AvgIpc) is 2.94. The van der Waals surface area contributed by atoms with Gasteiger partial charge < -0.3 is 9.64 Å². The lowest BCUT2D eigenvalue weighted by atomic mass is 10.3. The molecule has 0 saturated carbocycles. The summed E-state index contributed by atoms with van der Waals surface area (Å²) in [6, 6.07) is 7.64. The maximum Gasteiger partial charge on any atom is 0.240 e. The Bertz CT molecular complexity index is 421. The quantitative estimate of drug-likeness (QED) is 0.886. The Hall–Kier alpha value is -0.720. The summed E-state index contributed by atoms with van der Waals surface area (Å²) in [5.74, 6) is 2.68. The number of amides is 1. The summed E-state index contributed by atoms with van der Waals surface area (Å²) in [5.41, 5.74) is 0. The maximum atomic E-state index is 12.0. The second-order valence-electron chi connectivity index (χ2n) is 4.33. The van der Waals surface area contributed by atoms with Crippen molar-refractivity contribution in [3.05, 3.63) is 28.7 Å². The van der Waals surface area contributed by atoms with Crippen LogP contribution in [0.4, 0.5) is 0 Å². The summed E-state index contributed by atoms with van der Waals surface area (Å²) < 4.78 is 6.63. The van der Waals surface area contributed by atoms with Crippen LogP contribution < -0.4 is 10.1 Å². The number of carbonyl (C=O) groups is 1. The molecule has 0 spiro atoms. The predicted molar refractivity (Wildman–Crippen MR) is 81.5 cm³/mol. The SMILES string of the molecule is CN(CCOc1ccc(Br)cc1)C(=O)C1CSCN1. The van der Waals surface area contributed by atoms with Gasteiger partial charge >= 0.3 is 0 Å². The Morgan fingerprint density at radius 2 is 2.26 bits per heavy atom. The molecule has 1 fully saturated rings. The van der Waals surface area contributed by atoms with E-state index in [-0.39, 0.29) is 11.9 Å². The van der Waals surface area contributed by atoms with E-state index in [2.05, 4.69) is 21.2 Å². The predicted octanol–water partition coefficient (Wildman–Crippen LogP) is 1.95. The zero-order chi connectivity index (χ0) is 13.7. The van der Waals surface area contributed by atoms with E-state index in [1.54, 1.807) is 16.7 Å². The molecule has 1 aromatic carbocycles. The molecule has 0 aromatic heterocycles. The van der Waals surface area contributed by atoms with E-state index in [4.69, 9.17) is 4.74 Å². The molecule has 2 rings (SSSR count). The van der Waals surface area contributed by atoms with Crippen molar-refractivity contribution in [1.29, 1.82) is 0 Å². The number of benzene rings is 1. The van der Waals surface area contributed by atoms with Gasteiger partial charge in [-0.1, -0.05) is 15.9 Å². The number of nitrogens with zero attached hydrogens (tertiary/aromatic N) is 1. The number of nitrogens with one attached hydrogen (secondary N) is 1. The van der Waals surface area contributed by atoms with Crippen LogP contribution in [0.3, 0.4) is 0 Å². The van der Waals surface area contributed by atoms with Crippen molar-refractivity contribution in [2.24, 2.45) is 0 Å². The van der Waals surface area contributed by atoms with E-state index in [1.165, 1.54) is 0 Å². The normalized spacial score (nSPS) is 18.3. The Balaban J connectivity index is 1.72. The lowest BCUT2D eigenvalue weighted by Gasteiger charge is -2.20. The van der Waals surface area contributed by atoms with Crippen LogP contribution in [0.5, 0.6) is 5.75 Å². The number of rotatable bonds is 5. The zero-order valence-corrected chi connectivity index (χ0v) is 13.2. The van der Waals surface area contributed by atoms with Crippen LogP contribution in [0.1, 0.15) is 0 Å². The fourth-order valence-corrected chi connectivity index (χ4v) is 2.96. The average molecular weight is 345 g/mol. The fourth-order valence-electron chi connectivity index (χ4n) is 1.76. The maximum absolute atomic E-state index is 12.0. The van der Waals surface area contributed by atoms with Gasteiger partial charge in [0.2, 0.25) is 5.91 Å². The summed E-state index contributed by atoms with van der Waals surface area (Å²) in [4.78, 5) is 13.7. The minimum atomic E-state index is -0.0392. The first-order chi connectivity index (χ1) is 9.16. The number of likely N-dealkylation sites (N-methyl/N-ethyl adjacent to an activating group) is 1. The third-order valence-corrected chi connectivity index (χ3v) is 4.37. The first-order valence-electron chi connectivity index (χ1n) is 6.11. The van der Waals surface area contributed by atoms with Crippen LogP contribution >= 0.6 is 27.7 Å². The minimum Gasteiger partial charge on any atom is -0.492 e. The number of ether oxygens (including phenoxy) is 1. The van der Waals surface area contributed by atoms with Crippen molar-refractivity contribution in [1.82, 2.24) is 10.2 Å². The van der Waals surface area contributed by atoms with Gasteiger partial charge in [0.05, 0.1) is 12.6 Å². The molecule has 1 heterocycles. The van der Waals surface area contributed by atoms with Crippen molar-refractivity contribution in [2.75, 3.05) is 31.8 Å². The van der Waals surface area contributed by atoms with E-state index in [9.17, 15) is 4.79 Å². The van der Waals surface area contributed by atoms with Crippen molar-refractivity contribution in [3.63, 3.8) is 0 Å². The van der Waals surface area contributed by atoms with Gasteiger partial charge in [0.1, 0.15) is 12.4 Å². The lowest BCUT2D eigenvalue weighted by Crippen LogP contribution is -2.44. The molecule has 1 saturated heterocycles. The highest BCUT2D eigenvalue weighted by Gasteiger charge is 2.25. The minimum absolute atomic E-state index is 0.0392. The Labute approximate surface area is 126 Å². The fraction of sp³-hybridized carbons (Fsp3) is 0.462. The second kappa shape index (κ2) is 7.17. The molecule has 1 atom stereocenters. The molecule has 0 aliphatic carbocycles. The van der Waals surface area contributed by atoms with Crippen LogP contribution in [-0.2, 0) is 4.79 Å². The van der Waals surface area contributed by atoms with Gasteiger partial charge in [-0.25, -0.2) is 0 Å². The van der Waals surface area contributed by atoms with E-state index in [0.717, 1.165) is 21.9 Å². The third kappa shape index (κ3) is 4.40. The highest BCUT2D eigenvalue weighted by Crippen LogP contribution is 2.16. The number of thioether (sulfide) groups is 1. The van der Waals surface area contributed by atoms with Crippen molar-refractivity contribution in [2.45, 2.75) is 6.04 Å². The molecule has 104 valence electrons. The van der Waals surface area contributed by atoms with Gasteiger partial charge in [0.25, 0.3) is 0 Å². The molecule has 1 unspecified atom stereocenters. The first kappa shape index (κ1) is 14.7. The van der Waals surface area contributed by atoms with E-state index in [1.807, 2.05) is 31.3 Å². The summed E-state index contributed by atoms with van der Waals surface area (Å²) >= 11 is 5.13. The summed E-state index contributed by atoms with van der Waals surface area (Å²) in [5, 5.41) is 3.18. The molecule has 1 amide bonds. The molecule has 0 bridgehead atoms. The summed E-state index contributed by atoms with van der Waals surface area (Å²) in [7, 11) is 1.82. The second-order valence-corrected chi connectivity index (χ2v) is 6.28. The lowest BCUT2D eigenvalue weighted by molar-refractivity contribution is -0.131. The topological polar surface area (TPSA) is 41.6 Å². The van der Waals surface area contributed by atoms with Crippen LogP contribution in [0.25, 0.3) is 0 Å². The molecule has 1 N–H and O–H groups in total. The Kier molecular flexibility index (Phi) is 5.54. The van der Waals surface area contributed by atoms with Gasteiger partial charge in [-0.05, 0) is 24.3 Å². The van der Waals surface area contributed by atoms with Crippen molar-refractivity contribution < 1.29 is 9.53 Å². The smallest absolute Gasteiger partial charge is 0.240 e. The molecular weight excluding hydrogens is 328 g/mol. The van der Waals surface area contributed by atoms with Crippen LogP contribution in [0.15, 0.2) is 28.7 Å². The zero-order valence-electron chi connectivity index (χ0n) is 10.8. The van der Waals surface area contributed by atoms with E-state index < -0.39 is 0 Å². The molecule has 1 aliphatic rings. The monoisotopic (exact) mass is 344 g/mol. The number of hydrogen-bond acceptors (Lipinski definition) is 4. The van der Waals surface area contributed by atoms with Gasteiger partial charge in [-0.3, -0.25) is 10.1 Å². The van der Waals surface area contributed by atoms with Crippen molar-refractivity contribution >= 4 is 33.6 Å². The molecule has 19 heavy (non-hydrogen) atoms. The summed E-state index contributed by atoms with van der Waals surface area (Å²) in [6.45, 7) is 1.10. The summed E-state index contributed by atoms with van der Waals surface area (Å²) in [6.07, 6.45) is 0. The van der Waals surface area contributed by atoms with Crippen molar-refractivity contribution in [3.8, 4) is 5.75 Å². The Morgan fingerprint density at radius 1 is 1.53 bits per heavy atom. The highest BCUT2D eigenvalue weighted by atomic mass is 79.9. The van der Waals surface area contributed by atoms with Crippen LogP contribution in [-0.4, -0.2) is 48.7 Å². The Morgan fingerprint density at radius 3 is 2.89 bits per heavy atom. The standard InChI is InChI=1S/C13H17BrN2O2S/c1-16(13(17)12-8-19-9-15-12)6-7-18-11-4-2-10(14)3-5-11/h2-5,12,15H,6-9H2,1H3. The number of carbonyl (C=O) groups excluding carboxylic acids is 1. The molecule has 4 nitrogen and oxygen atoms in total. The highest BCUT2D eigenvalue weighted by molar-refractivity contribution is 9.10. The van der Waals surface area contributed by atoms with E-state index >= 15 is 0 Å². The van der Waals surface area contributed by atoms with Gasteiger partial charge in [0.15, 0.2) is 0 Å². The van der Waals surface area contributed by atoms with E-state index in [0.29, 0.717) is 13.2 Å². The molecule has 1 aliphatic heterocycles. The molecule has 0 radical (unpaired) electrons. The first-order valence-corrected chi connectivity index (χ1v) is 8.06. The van der Waals surface area contributed by atoms with Gasteiger partial charge in [-0.2, -0.15) is 0 Å². The third-order valence-electron chi connectivity index (χ3n) is 2.90. The van der Waals surface area contributed by atoms with Crippen LogP contribution in [0.2, 0.25) is 0 Å². The van der Waals surface area contributed by atoms with Gasteiger partial charge in [0, 0.05) is 23.2 Å². The molecule has 6 heteroatoms.